The van der Waals surface area contributed by atoms with Crippen molar-refractivity contribution in [2.45, 2.75) is 57.2 Å². The van der Waals surface area contributed by atoms with E-state index in [0.29, 0.717) is 13.0 Å². The molecule has 0 bridgehead atoms. The van der Waals surface area contributed by atoms with E-state index in [1.807, 2.05) is 6.92 Å². The van der Waals surface area contributed by atoms with Crippen molar-refractivity contribution >= 4 is 22.0 Å². The third-order valence-corrected chi connectivity index (χ3v) is 4.81. The number of hydrogen-bond acceptors (Lipinski definition) is 5. The van der Waals surface area contributed by atoms with Crippen LogP contribution in [-0.4, -0.2) is 37.2 Å². The summed E-state index contributed by atoms with van der Waals surface area (Å²) in [6, 6.07) is 0. The topological polar surface area (TPSA) is 114 Å². The maximum atomic E-state index is 12.1. The third kappa shape index (κ3) is 4.57. The van der Waals surface area contributed by atoms with Crippen molar-refractivity contribution in [1.82, 2.24) is 15.5 Å². The highest BCUT2D eigenvalue weighted by atomic mass is 32.2. The lowest BCUT2D eigenvalue weighted by Crippen LogP contribution is -2.50. The van der Waals surface area contributed by atoms with E-state index in [9.17, 15) is 18.0 Å². The van der Waals surface area contributed by atoms with E-state index in [-0.39, 0.29) is 12.8 Å². The Labute approximate surface area is 125 Å². The van der Waals surface area contributed by atoms with Gasteiger partial charge in [-0.1, -0.05) is 6.92 Å². The Balaban J connectivity index is 2.62. The first-order chi connectivity index (χ1) is 9.54. The van der Waals surface area contributed by atoms with Crippen LogP contribution in [-0.2, 0) is 19.7 Å². The maximum Gasteiger partial charge on any atom is 0.427 e. The lowest BCUT2D eigenvalue weighted by Gasteiger charge is -2.21. The quantitative estimate of drug-likeness (QED) is 0.613. The number of nitrogens with one attached hydrogen (secondary N) is 3. The van der Waals surface area contributed by atoms with Gasteiger partial charge >= 0.3 is 6.09 Å². The van der Waals surface area contributed by atoms with Crippen LogP contribution in [0.3, 0.4) is 0 Å². The average Bonchev–Trinajstić information content (AvgIpc) is 3.13. The first kappa shape index (κ1) is 17.7. The van der Waals surface area contributed by atoms with Gasteiger partial charge in [-0.2, -0.15) is 0 Å². The molecular weight excluding hydrogens is 298 g/mol. The number of sulfonamides is 1. The molecule has 1 aliphatic rings. The molecule has 3 N–H and O–H groups in total. The van der Waals surface area contributed by atoms with Crippen LogP contribution in [0.4, 0.5) is 4.79 Å². The molecule has 8 nitrogen and oxygen atoms in total. The molecule has 0 aromatic rings. The van der Waals surface area contributed by atoms with Crippen LogP contribution in [0.25, 0.3) is 0 Å². The molecule has 0 heterocycles. The Morgan fingerprint density at radius 2 is 1.81 bits per heavy atom. The van der Waals surface area contributed by atoms with Crippen molar-refractivity contribution in [3.8, 4) is 0 Å². The van der Waals surface area contributed by atoms with Crippen LogP contribution in [0.2, 0.25) is 0 Å². The summed E-state index contributed by atoms with van der Waals surface area (Å²) in [5.74, 6) is -0.559. The molecular formula is C12H23N3O5S. The van der Waals surface area contributed by atoms with Gasteiger partial charge in [0, 0.05) is 12.1 Å². The smallest absolute Gasteiger partial charge is 0.355 e. The van der Waals surface area contributed by atoms with Gasteiger partial charge in [0.1, 0.15) is 0 Å². The molecule has 0 aromatic carbocycles. The molecule has 9 heteroatoms. The highest BCUT2D eigenvalue weighted by Gasteiger charge is 2.61. The molecule has 0 spiro atoms. The van der Waals surface area contributed by atoms with Gasteiger partial charge in [-0.25, -0.2) is 13.2 Å². The van der Waals surface area contributed by atoms with Gasteiger partial charge < -0.3 is 15.5 Å². The minimum Gasteiger partial charge on any atom is -0.355 e. The van der Waals surface area contributed by atoms with Gasteiger partial charge in [-0.15, -0.1) is 0 Å². The molecule has 0 aromatic heterocycles. The van der Waals surface area contributed by atoms with Crippen molar-refractivity contribution in [3.05, 3.63) is 0 Å². The fourth-order valence-corrected chi connectivity index (χ4v) is 2.94. The second-order valence-corrected chi connectivity index (χ2v) is 8.06. The molecule has 0 radical (unpaired) electrons. The zero-order valence-corrected chi connectivity index (χ0v) is 13.6. The van der Waals surface area contributed by atoms with Crippen LogP contribution in [0, 0.1) is 0 Å². The van der Waals surface area contributed by atoms with Crippen molar-refractivity contribution < 1.29 is 22.8 Å². The predicted molar refractivity (Wildman–Crippen MR) is 76.7 cm³/mol. The van der Waals surface area contributed by atoms with Gasteiger partial charge in [-0.3, -0.25) is 4.79 Å². The summed E-state index contributed by atoms with van der Waals surface area (Å²) >= 11 is 0. The van der Waals surface area contributed by atoms with Crippen LogP contribution in [0.15, 0.2) is 0 Å². The van der Waals surface area contributed by atoms with E-state index in [1.165, 1.54) is 0 Å². The van der Waals surface area contributed by atoms with Crippen molar-refractivity contribution in [2.24, 2.45) is 0 Å². The largest absolute Gasteiger partial charge is 0.427 e. The molecule has 1 fully saturated rings. The Morgan fingerprint density at radius 3 is 2.24 bits per heavy atom. The second-order valence-electron chi connectivity index (χ2n) is 6.10. The molecule has 0 unspecified atom stereocenters. The zero-order valence-electron chi connectivity index (χ0n) is 12.8. The second kappa shape index (κ2) is 6.18. The Hall–Kier alpha value is -1.35. The number of carbonyl (C=O) groups is 2. The van der Waals surface area contributed by atoms with Crippen molar-refractivity contribution in [3.63, 3.8) is 0 Å². The van der Waals surface area contributed by atoms with E-state index < -0.39 is 32.3 Å². The van der Waals surface area contributed by atoms with Gasteiger partial charge in [-0.05, 0) is 44.9 Å². The molecule has 0 atom stereocenters. The summed E-state index contributed by atoms with van der Waals surface area (Å²) in [7, 11) is -4.07. The Bertz CT molecular complexity index is 505. The van der Waals surface area contributed by atoms with E-state index in [4.69, 9.17) is 0 Å². The van der Waals surface area contributed by atoms with Gasteiger partial charge in [0.15, 0.2) is 4.75 Å². The summed E-state index contributed by atoms with van der Waals surface area (Å²) < 4.78 is 22.7. The summed E-state index contributed by atoms with van der Waals surface area (Å²) in [5, 5.41) is 4.99. The first-order valence-corrected chi connectivity index (χ1v) is 8.31. The lowest BCUT2D eigenvalue weighted by atomic mass is 10.1. The minimum atomic E-state index is -4.07. The molecule has 1 aliphatic carbocycles. The number of rotatable bonds is 6. The van der Waals surface area contributed by atoms with E-state index in [1.54, 1.807) is 25.7 Å². The summed E-state index contributed by atoms with van der Waals surface area (Å²) in [4.78, 5) is 29.6. The van der Waals surface area contributed by atoms with Crippen LogP contribution < -0.4 is 15.5 Å². The molecule has 1 saturated carbocycles. The fraction of sp³-hybridized carbons (Fsp3) is 0.833. The van der Waals surface area contributed by atoms with Crippen molar-refractivity contribution in [2.75, 3.05) is 6.54 Å². The highest BCUT2D eigenvalue weighted by Crippen LogP contribution is 2.43. The number of amides is 2. The van der Waals surface area contributed by atoms with Crippen molar-refractivity contribution in [1.29, 1.82) is 0 Å². The number of hydrogen-bond donors (Lipinski definition) is 3. The van der Waals surface area contributed by atoms with Gasteiger partial charge in [0.25, 0.3) is 10.0 Å². The van der Waals surface area contributed by atoms with Crippen LogP contribution in [0.5, 0.6) is 0 Å². The molecule has 0 saturated heterocycles. The maximum absolute atomic E-state index is 12.1. The third-order valence-electron chi connectivity index (χ3n) is 2.89. The minimum absolute atomic E-state index is 0.210. The summed E-state index contributed by atoms with van der Waals surface area (Å²) in [6.07, 6.45) is 0.208. The van der Waals surface area contributed by atoms with Gasteiger partial charge in [0.2, 0.25) is 5.91 Å². The summed E-state index contributed by atoms with van der Waals surface area (Å²) in [6.45, 7) is 7.45. The standard InChI is InChI=1S/C12H23N3O5S/c1-5-8-13-9(16)12(6-7-12)21(18,19)15-20-10(17)14-11(2,3)4/h15H,5-8H2,1-4H3,(H,13,16)(H,14,17). The fourth-order valence-electron chi connectivity index (χ4n) is 1.64. The van der Waals surface area contributed by atoms with E-state index in [0.717, 1.165) is 0 Å². The van der Waals surface area contributed by atoms with Crippen LogP contribution in [0.1, 0.15) is 47.0 Å². The summed E-state index contributed by atoms with van der Waals surface area (Å²) in [5.41, 5.74) is -0.557. The van der Waals surface area contributed by atoms with Gasteiger partial charge in [0.05, 0.1) is 0 Å². The monoisotopic (exact) mass is 321 g/mol. The Kier molecular flexibility index (Phi) is 5.21. The molecule has 21 heavy (non-hydrogen) atoms. The van der Waals surface area contributed by atoms with E-state index in [2.05, 4.69) is 15.5 Å². The predicted octanol–water partition coefficient (Wildman–Crippen LogP) is 0.404. The lowest BCUT2D eigenvalue weighted by molar-refractivity contribution is -0.121. The first-order valence-electron chi connectivity index (χ1n) is 6.83. The highest BCUT2D eigenvalue weighted by molar-refractivity contribution is 7.91. The molecule has 2 amide bonds. The zero-order chi connectivity index (χ0) is 16.3. The molecule has 0 aliphatic heterocycles. The van der Waals surface area contributed by atoms with E-state index >= 15 is 0 Å². The normalized spacial score (nSPS) is 17.0. The SMILES string of the molecule is CCCNC(=O)C1(S(=O)(=O)NOC(=O)NC(C)(C)C)CC1. The number of carbonyl (C=O) groups excluding carboxylic acids is 2. The van der Waals surface area contributed by atoms with Crippen LogP contribution >= 0.6 is 0 Å². The molecule has 1 rings (SSSR count). The Morgan fingerprint density at radius 1 is 1.24 bits per heavy atom. The molecule has 122 valence electrons. The average molecular weight is 321 g/mol.